The standard InChI is InChI=1S/C36H64N4O3S/c1-5-9-10-11-12-13-14-15-16-17-21-27-34(44)37-28-23-22-26-33(35(41)38-29-30-40(6-2,7-3)8-4)39-36(42)43-31-32-24-19-18-20-25-32/h18-20,24-25,33H,5-17,21-23,26-31H2,1-4H3,(H2-,37,38,39,41,42,44)/p+1/t33-/m0/s1. The van der Waals surface area contributed by atoms with Crippen molar-refractivity contribution in [2.45, 2.75) is 137 Å². The first-order valence-corrected chi connectivity index (χ1v) is 18.2. The van der Waals surface area contributed by atoms with Gasteiger partial charge >= 0.3 is 6.09 Å². The number of rotatable bonds is 27. The van der Waals surface area contributed by atoms with E-state index in [1.807, 2.05) is 30.3 Å². The van der Waals surface area contributed by atoms with Gasteiger partial charge in [0.1, 0.15) is 12.6 Å². The predicted octanol–water partition coefficient (Wildman–Crippen LogP) is 8.06. The molecular formula is C36H65N4O3S+. The Morgan fingerprint density at radius 1 is 0.750 bits per heavy atom. The molecule has 1 aromatic rings. The normalized spacial score (nSPS) is 12.0. The fraction of sp³-hybridized carbons (Fsp3) is 0.750. The smallest absolute Gasteiger partial charge is 0.408 e. The van der Waals surface area contributed by atoms with Gasteiger partial charge in [0.05, 0.1) is 37.7 Å². The Labute approximate surface area is 275 Å². The minimum atomic E-state index is -0.631. The molecule has 1 rings (SSSR count). The minimum absolute atomic E-state index is 0.150. The van der Waals surface area contributed by atoms with Crippen LogP contribution in [0.15, 0.2) is 30.3 Å². The van der Waals surface area contributed by atoms with E-state index in [0.717, 1.165) is 73.4 Å². The minimum Gasteiger partial charge on any atom is -0.445 e. The first kappa shape index (κ1) is 39.8. The molecule has 8 heteroatoms. The van der Waals surface area contributed by atoms with Gasteiger partial charge in [-0.2, -0.15) is 0 Å². The molecule has 0 radical (unpaired) electrons. The lowest BCUT2D eigenvalue weighted by atomic mass is 10.1. The first-order chi connectivity index (χ1) is 21.4. The summed E-state index contributed by atoms with van der Waals surface area (Å²) in [6.45, 7) is 14.4. The molecule has 252 valence electrons. The number of benzene rings is 1. The molecular weight excluding hydrogens is 568 g/mol. The van der Waals surface area contributed by atoms with Gasteiger partial charge in [0, 0.05) is 6.54 Å². The van der Waals surface area contributed by atoms with Crippen LogP contribution in [-0.2, 0) is 16.1 Å². The van der Waals surface area contributed by atoms with Gasteiger partial charge in [-0.1, -0.05) is 114 Å². The average molecular weight is 634 g/mol. The molecule has 2 amide bonds. The zero-order chi connectivity index (χ0) is 32.3. The largest absolute Gasteiger partial charge is 0.445 e. The number of hydrogen-bond donors (Lipinski definition) is 3. The number of unbranched alkanes of at least 4 members (excludes halogenated alkanes) is 11. The molecule has 7 nitrogen and oxygen atoms in total. The van der Waals surface area contributed by atoms with Gasteiger partial charge in [0.25, 0.3) is 0 Å². The van der Waals surface area contributed by atoms with Gasteiger partial charge in [-0.15, -0.1) is 0 Å². The summed E-state index contributed by atoms with van der Waals surface area (Å²) in [6, 6.07) is 8.93. The molecule has 0 saturated carbocycles. The molecule has 0 unspecified atom stereocenters. The Balaban J connectivity index is 2.35. The van der Waals surface area contributed by atoms with Crippen LogP contribution in [0.5, 0.6) is 0 Å². The van der Waals surface area contributed by atoms with Gasteiger partial charge in [-0.05, 0) is 58.4 Å². The zero-order valence-corrected chi connectivity index (χ0v) is 29.4. The molecule has 0 fully saturated rings. The maximum Gasteiger partial charge on any atom is 0.408 e. The van der Waals surface area contributed by atoms with E-state index in [1.54, 1.807) is 0 Å². The van der Waals surface area contributed by atoms with Crippen molar-refractivity contribution in [2.75, 3.05) is 39.3 Å². The highest BCUT2D eigenvalue weighted by atomic mass is 32.1. The van der Waals surface area contributed by atoms with E-state index in [-0.39, 0.29) is 12.5 Å². The number of amides is 2. The number of carbonyl (C=O) groups excluding carboxylic acids is 2. The maximum atomic E-state index is 13.1. The SMILES string of the molecule is CCCCCCCCCCCCCC(=S)NCCCC[C@H](NC(=O)OCc1ccccc1)C(=O)NCC[N+](CC)(CC)CC. The van der Waals surface area contributed by atoms with E-state index in [1.165, 1.54) is 64.2 Å². The van der Waals surface area contributed by atoms with Crippen molar-refractivity contribution in [1.29, 1.82) is 0 Å². The van der Waals surface area contributed by atoms with Gasteiger partial charge in [0.15, 0.2) is 0 Å². The molecule has 0 saturated heterocycles. The second kappa shape index (κ2) is 26.1. The van der Waals surface area contributed by atoms with Crippen LogP contribution in [0.4, 0.5) is 4.79 Å². The first-order valence-electron chi connectivity index (χ1n) is 17.8. The summed E-state index contributed by atoms with van der Waals surface area (Å²) < 4.78 is 6.37. The summed E-state index contributed by atoms with van der Waals surface area (Å²) in [5.41, 5.74) is 0.909. The number of ether oxygens (including phenoxy) is 1. The third-order valence-electron chi connectivity index (χ3n) is 8.97. The van der Waals surface area contributed by atoms with Crippen molar-refractivity contribution < 1.29 is 18.8 Å². The summed E-state index contributed by atoms with van der Waals surface area (Å²) in [5.74, 6) is -0.150. The Bertz CT molecular complexity index is 871. The monoisotopic (exact) mass is 633 g/mol. The predicted molar refractivity (Wildman–Crippen MR) is 189 cm³/mol. The molecule has 3 N–H and O–H groups in total. The van der Waals surface area contributed by atoms with Crippen molar-refractivity contribution in [2.24, 2.45) is 0 Å². The van der Waals surface area contributed by atoms with Gasteiger partial charge in [-0.3, -0.25) is 4.79 Å². The summed E-state index contributed by atoms with van der Waals surface area (Å²) in [5, 5.41) is 9.28. The molecule has 0 aliphatic rings. The lowest BCUT2D eigenvalue weighted by Crippen LogP contribution is -2.53. The third-order valence-corrected chi connectivity index (χ3v) is 9.32. The van der Waals surface area contributed by atoms with E-state index in [0.29, 0.717) is 13.0 Å². The molecule has 0 aliphatic heterocycles. The number of carbonyl (C=O) groups is 2. The quantitative estimate of drug-likeness (QED) is 0.0519. The number of likely N-dealkylation sites (N-methyl/N-ethyl adjacent to an activating group) is 1. The summed E-state index contributed by atoms with van der Waals surface area (Å²) in [7, 11) is 0. The molecule has 0 bridgehead atoms. The van der Waals surface area contributed by atoms with Crippen molar-refractivity contribution in [3.63, 3.8) is 0 Å². The zero-order valence-electron chi connectivity index (χ0n) is 28.6. The number of hydrogen-bond acceptors (Lipinski definition) is 4. The highest BCUT2D eigenvalue weighted by molar-refractivity contribution is 7.80. The van der Waals surface area contributed by atoms with Gasteiger partial charge < -0.3 is 25.2 Å². The summed E-state index contributed by atoms with van der Waals surface area (Å²) in [6.07, 6.45) is 17.3. The molecule has 0 aromatic heterocycles. The Morgan fingerprint density at radius 3 is 1.93 bits per heavy atom. The van der Waals surface area contributed by atoms with E-state index in [9.17, 15) is 9.59 Å². The average Bonchev–Trinajstić information content (AvgIpc) is 3.04. The molecule has 0 aliphatic carbocycles. The van der Waals surface area contributed by atoms with Gasteiger partial charge in [-0.25, -0.2) is 4.79 Å². The molecule has 0 spiro atoms. The van der Waals surface area contributed by atoms with Crippen LogP contribution >= 0.6 is 12.2 Å². The second-order valence-corrected chi connectivity index (χ2v) is 12.7. The van der Waals surface area contributed by atoms with Crippen molar-refractivity contribution in [1.82, 2.24) is 16.0 Å². The van der Waals surface area contributed by atoms with Crippen LogP contribution in [0, 0.1) is 0 Å². The maximum absolute atomic E-state index is 13.1. The highest BCUT2D eigenvalue weighted by Crippen LogP contribution is 2.12. The number of alkyl carbamates (subject to hydrolysis) is 1. The van der Waals surface area contributed by atoms with E-state index in [2.05, 4.69) is 43.6 Å². The number of thiocarbonyl (C=S) groups is 1. The summed E-state index contributed by atoms with van der Waals surface area (Å²) >= 11 is 5.55. The number of nitrogens with zero attached hydrogens (tertiary/aromatic N) is 1. The molecule has 1 atom stereocenters. The van der Waals surface area contributed by atoms with E-state index < -0.39 is 12.1 Å². The lowest BCUT2D eigenvalue weighted by Gasteiger charge is -2.36. The topological polar surface area (TPSA) is 79.5 Å². The van der Waals surface area contributed by atoms with Crippen LogP contribution in [-0.4, -0.2) is 66.8 Å². The molecule has 44 heavy (non-hydrogen) atoms. The highest BCUT2D eigenvalue weighted by Gasteiger charge is 2.24. The van der Waals surface area contributed by atoms with Crippen LogP contribution in [0.3, 0.4) is 0 Å². The number of nitrogens with one attached hydrogen (secondary N) is 3. The van der Waals surface area contributed by atoms with E-state index in [4.69, 9.17) is 17.0 Å². The Morgan fingerprint density at radius 2 is 1.34 bits per heavy atom. The van der Waals surface area contributed by atoms with Crippen LogP contribution < -0.4 is 16.0 Å². The third kappa shape index (κ3) is 19.3. The van der Waals surface area contributed by atoms with Gasteiger partial charge in [0.2, 0.25) is 5.91 Å². The Hall–Kier alpha value is -2.19. The fourth-order valence-corrected chi connectivity index (χ4v) is 5.85. The van der Waals surface area contributed by atoms with Crippen LogP contribution in [0.25, 0.3) is 0 Å². The van der Waals surface area contributed by atoms with E-state index >= 15 is 0 Å². The fourth-order valence-electron chi connectivity index (χ4n) is 5.60. The van der Waals surface area contributed by atoms with Crippen molar-refractivity contribution >= 4 is 29.2 Å². The van der Waals surface area contributed by atoms with Crippen LogP contribution in [0.2, 0.25) is 0 Å². The molecule has 1 aromatic carbocycles. The summed E-state index contributed by atoms with van der Waals surface area (Å²) in [4.78, 5) is 26.6. The molecule has 0 heterocycles. The van der Waals surface area contributed by atoms with Crippen molar-refractivity contribution in [3.8, 4) is 0 Å². The lowest BCUT2D eigenvalue weighted by molar-refractivity contribution is -0.922. The Kier molecular flexibility index (Phi) is 23.6. The number of quaternary nitrogens is 1. The van der Waals surface area contributed by atoms with Crippen molar-refractivity contribution in [3.05, 3.63) is 35.9 Å². The van der Waals surface area contributed by atoms with Crippen LogP contribution in [0.1, 0.15) is 130 Å². The second-order valence-electron chi connectivity index (χ2n) is 12.2.